The number of hydrogen-bond acceptors (Lipinski definition) is 4. The molecule has 0 spiro atoms. The van der Waals surface area contributed by atoms with Crippen LogP contribution in [0.2, 0.25) is 0 Å². The lowest BCUT2D eigenvalue weighted by Gasteiger charge is -1.70. The minimum Gasteiger partial charge on any atom is -0.266 e. The van der Waals surface area contributed by atoms with Crippen LogP contribution in [0.5, 0.6) is 0 Å². The van der Waals surface area contributed by atoms with Gasteiger partial charge in [-0.2, -0.15) is 5.10 Å². The molecule has 0 radical (unpaired) electrons. The third kappa shape index (κ3) is 3.74. The Morgan fingerprint density at radius 3 is 1.91 bits per heavy atom. The van der Waals surface area contributed by atoms with Crippen LogP contribution in [0.1, 0.15) is 0 Å². The summed E-state index contributed by atoms with van der Waals surface area (Å²) in [6, 6.07) is 1.78. The molecule has 2 rings (SSSR count). The van der Waals surface area contributed by atoms with Crippen molar-refractivity contribution in [3.05, 3.63) is 37.4 Å². The minimum absolute atomic E-state index is 1.44. The maximum Gasteiger partial charge on any atom is 0.137 e. The van der Waals surface area contributed by atoms with Gasteiger partial charge in [0.1, 0.15) is 19.0 Å². The highest BCUT2D eigenvalue weighted by Crippen LogP contribution is 1.66. The molecule has 0 saturated carbocycles. The van der Waals surface area contributed by atoms with Gasteiger partial charge in [0, 0.05) is 12.4 Å². The summed E-state index contributed by atoms with van der Waals surface area (Å²) in [5, 5.41) is 5.99. The van der Waals surface area contributed by atoms with E-state index in [4.69, 9.17) is 0 Å². The molecule has 0 saturated heterocycles. The molecule has 1 N–H and O–H groups in total. The Balaban J connectivity index is 0.000000112. The monoisotopic (exact) mass is 149 g/mol. The Labute approximate surface area is 63.6 Å². The first-order valence-electron chi connectivity index (χ1n) is 2.99. The van der Waals surface area contributed by atoms with Crippen molar-refractivity contribution in [2.45, 2.75) is 0 Å². The predicted octanol–water partition coefficient (Wildman–Crippen LogP) is 0.281. The van der Waals surface area contributed by atoms with E-state index in [0.717, 1.165) is 0 Å². The molecule has 2 aromatic rings. The zero-order valence-electron chi connectivity index (χ0n) is 5.75. The normalized spacial score (nSPS) is 8.00. The summed E-state index contributed by atoms with van der Waals surface area (Å²) < 4.78 is 0. The highest BCUT2D eigenvalue weighted by Gasteiger charge is 1.59. The number of aromatic amines is 1. The zero-order chi connectivity index (χ0) is 7.78. The van der Waals surface area contributed by atoms with Gasteiger partial charge in [0.25, 0.3) is 0 Å². The summed E-state index contributed by atoms with van der Waals surface area (Å²) in [4.78, 5) is 10.9. The first-order chi connectivity index (χ1) is 5.50. The maximum absolute atomic E-state index is 3.67. The van der Waals surface area contributed by atoms with Crippen LogP contribution in [0, 0.1) is 0 Å². The molecular weight excluding hydrogens is 142 g/mol. The fraction of sp³-hybridized carbons (Fsp3) is 0. The highest BCUT2D eigenvalue weighted by atomic mass is 15.2. The number of hydrogen-bond donors (Lipinski definition) is 1. The number of nitrogens with one attached hydrogen (secondary N) is 1. The highest BCUT2D eigenvalue weighted by molar-refractivity contribution is 4.74. The van der Waals surface area contributed by atoms with Crippen LogP contribution in [-0.4, -0.2) is 25.1 Å². The van der Waals surface area contributed by atoms with Crippen LogP contribution in [0.15, 0.2) is 37.4 Å². The van der Waals surface area contributed by atoms with E-state index in [1.807, 2.05) is 0 Å². The van der Waals surface area contributed by atoms with E-state index in [1.165, 1.54) is 19.0 Å². The summed E-state index contributed by atoms with van der Waals surface area (Å²) in [5.41, 5.74) is 0. The summed E-state index contributed by atoms with van der Waals surface area (Å²) in [6.45, 7) is 0. The van der Waals surface area contributed by atoms with Crippen molar-refractivity contribution >= 4 is 0 Å². The average Bonchev–Trinajstić information content (AvgIpc) is 2.64. The van der Waals surface area contributed by atoms with E-state index < -0.39 is 0 Å². The molecule has 2 aromatic heterocycles. The number of rotatable bonds is 0. The summed E-state index contributed by atoms with van der Waals surface area (Å²) >= 11 is 0. The van der Waals surface area contributed by atoms with Crippen LogP contribution >= 0.6 is 0 Å². The number of H-pyrrole nitrogens is 1. The molecular formula is C6H7N5. The molecule has 5 heteroatoms. The zero-order valence-corrected chi connectivity index (χ0v) is 5.75. The SMILES string of the molecule is c1cncnc1.c1nc[nH]n1. The standard InChI is InChI=1S/C4H4N2.C2H3N3/c1-2-5-4-6-3-1;1-3-2-5-4-1/h1-4H;1-2H,(H,3,4,5). The van der Waals surface area contributed by atoms with E-state index in [9.17, 15) is 0 Å². The predicted molar refractivity (Wildman–Crippen MR) is 38.4 cm³/mol. The third-order valence-corrected chi connectivity index (χ3v) is 0.809. The topological polar surface area (TPSA) is 67.3 Å². The summed E-state index contributed by atoms with van der Waals surface area (Å²) in [5.74, 6) is 0. The van der Waals surface area contributed by atoms with Gasteiger partial charge in [0.2, 0.25) is 0 Å². The molecule has 11 heavy (non-hydrogen) atoms. The van der Waals surface area contributed by atoms with E-state index in [-0.39, 0.29) is 0 Å². The van der Waals surface area contributed by atoms with E-state index in [2.05, 4.69) is 25.1 Å². The van der Waals surface area contributed by atoms with Crippen molar-refractivity contribution in [1.82, 2.24) is 25.1 Å². The van der Waals surface area contributed by atoms with Crippen LogP contribution in [-0.2, 0) is 0 Å². The largest absolute Gasteiger partial charge is 0.266 e. The van der Waals surface area contributed by atoms with Gasteiger partial charge in [0.05, 0.1) is 0 Å². The van der Waals surface area contributed by atoms with E-state index >= 15 is 0 Å². The van der Waals surface area contributed by atoms with Crippen LogP contribution in [0.3, 0.4) is 0 Å². The molecule has 2 heterocycles. The molecule has 56 valence electrons. The van der Waals surface area contributed by atoms with Gasteiger partial charge in [-0.15, -0.1) is 0 Å². The molecule has 0 fully saturated rings. The molecule has 0 unspecified atom stereocenters. The smallest absolute Gasteiger partial charge is 0.137 e. The Morgan fingerprint density at radius 2 is 1.73 bits per heavy atom. The van der Waals surface area contributed by atoms with Gasteiger partial charge in [-0.05, 0) is 6.07 Å². The quantitative estimate of drug-likeness (QED) is 0.584. The lowest BCUT2D eigenvalue weighted by molar-refractivity contribution is 1.09. The first-order valence-corrected chi connectivity index (χ1v) is 2.99. The van der Waals surface area contributed by atoms with Crippen molar-refractivity contribution < 1.29 is 0 Å². The molecule has 0 aliphatic rings. The van der Waals surface area contributed by atoms with E-state index in [1.54, 1.807) is 18.5 Å². The minimum atomic E-state index is 1.44. The third-order valence-electron chi connectivity index (χ3n) is 0.809. The Kier molecular flexibility index (Phi) is 3.36. The van der Waals surface area contributed by atoms with Crippen molar-refractivity contribution in [3.8, 4) is 0 Å². The molecule has 5 nitrogen and oxygen atoms in total. The second-order valence-electron chi connectivity index (χ2n) is 1.56. The molecule has 0 bridgehead atoms. The number of nitrogens with zero attached hydrogens (tertiary/aromatic N) is 4. The van der Waals surface area contributed by atoms with Gasteiger partial charge < -0.3 is 0 Å². The van der Waals surface area contributed by atoms with Crippen LogP contribution in [0.25, 0.3) is 0 Å². The Morgan fingerprint density at radius 1 is 0.909 bits per heavy atom. The van der Waals surface area contributed by atoms with Crippen molar-refractivity contribution in [2.24, 2.45) is 0 Å². The average molecular weight is 149 g/mol. The van der Waals surface area contributed by atoms with Gasteiger partial charge in [-0.25, -0.2) is 15.0 Å². The Bertz CT molecular complexity index is 197. The molecule has 0 aromatic carbocycles. The van der Waals surface area contributed by atoms with Gasteiger partial charge in [-0.3, -0.25) is 5.10 Å². The lowest BCUT2D eigenvalue weighted by Crippen LogP contribution is -1.66. The molecule has 0 aliphatic carbocycles. The maximum atomic E-state index is 3.67. The second-order valence-corrected chi connectivity index (χ2v) is 1.56. The fourth-order valence-corrected chi connectivity index (χ4v) is 0.420. The molecule has 0 atom stereocenters. The van der Waals surface area contributed by atoms with Crippen LogP contribution in [0.4, 0.5) is 0 Å². The van der Waals surface area contributed by atoms with Gasteiger partial charge in [0.15, 0.2) is 0 Å². The fourth-order valence-electron chi connectivity index (χ4n) is 0.420. The Hall–Kier alpha value is -1.78. The van der Waals surface area contributed by atoms with Crippen molar-refractivity contribution in [2.75, 3.05) is 0 Å². The first kappa shape index (κ1) is 7.33. The second kappa shape index (κ2) is 5.04. The van der Waals surface area contributed by atoms with Crippen molar-refractivity contribution in [3.63, 3.8) is 0 Å². The van der Waals surface area contributed by atoms with Gasteiger partial charge in [-0.1, -0.05) is 0 Å². The molecule has 0 amide bonds. The lowest BCUT2D eigenvalue weighted by atomic mass is 10.7. The number of aromatic nitrogens is 5. The summed E-state index contributed by atoms with van der Waals surface area (Å²) in [7, 11) is 0. The summed E-state index contributed by atoms with van der Waals surface area (Å²) in [6.07, 6.45) is 7.83. The van der Waals surface area contributed by atoms with E-state index in [0.29, 0.717) is 0 Å². The molecule has 0 aliphatic heterocycles. The van der Waals surface area contributed by atoms with Gasteiger partial charge >= 0.3 is 0 Å². The van der Waals surface area contributed by atoms with Crippen molar-refractivity contribution in [1.29, 1.82) is 0 Å². The van der Waals surface area contributed by atoms with Crippen LogP contribution < -0.4 is 0 Å².